The fraction of sp³-hybridized carbons (Fsp3) is 0.500. The van der Waals surface area contributed by atoms with E-state index < -0.39 is 5.91 Å². The Bertz CT molecular complexity index is 445. The van der Waals surface area contributed by atoms with E-state index >= 15 is 0 Å². The zero-order valence-corrected chi connectivity index (χ0v) is 10.3. The van der Waals surface area contributed by atoms with E-state index in [1.54, 1.807) is 10.3 Å². The monoisotopic (exact) mass is 254 g/mol. The van der Waals surface area contributed by atoms with E-state index in [2.05, 4.69) is 4.98 Å². The summed E-state index contributed by atoms with van der Waals surface area (Å²) >= 11 is 1.23. The quantitative estimate of drug-likeness (QED) is 0.455. The van der Waals surface area contributed by atoms with Crippen LogP contribution >= 0.6 is 11.3 Å². The normalized spacial score (nSPS) is 19.8. The lowest BCUT2D eigenvalue weighted by Crippen LogP contribution is -2.30. The number of hydrogen-bond donors (Lipinski definition) is 2. The summed E-state index contributed by atoms with van der Waals surface area (Å²) in [5.74, 6) is 5.16. The van der Waals surface area contributed by atoms with E-state index in [4.69, 9.17) is 5.84 Å². The zero-order chi connectivity index (χ0) is 12.4. The van der Waals surface area contributed by atoms with E-state index in [0.29, 0.717) is 23.9 Å². The average Bonchev–Trinajstić information content (AvgIpc) is 2.86. The first kappa shape index (κ1) is 12.0. The summed E-state index contributed by atoms with van der Waals surface area (Å²) in [6.07, 6.45) is 0.598. The van der Waals surface area contributed by atoms with Crippen molar-refractivity contribution >= 4 is 23.2 Å². The first-order valence-electron chi connectivity index (χ1n) is 5.33. The SMILES string of the molecule is CC1CC(=O)N(Cc2csc(C(=O)NN)n2)C1. The second-order valence-corrected chi connectivity index (χ2v) is 5.06. The molecule has 92 valence electrons. The number of carbonyl (C=O) groups is 2. The van der Waals surface area contributed by atoms with Gasteiger partial charge in [0, 0.05) is 18.3 Å². The number of nitrogens with zero attached hydrogens (tertiary/aromatic N) is 2. The van der Waals surface area contributed by atoms with Gasteiger partial charge in [-0.2, -0.15) is 0 Å². The van der Waals surface area contributed by atoms with Crippen molar-refractivity contribution in [3.05, 3.63) is 16.1 Å². The molecular weight excluding hydrogens is 240 g/mol. The van der Waals surface area contributed by atoms with Gasteiger partial charge in [-0.1, -0.05) is 6.92 Å². The maximum atomic E-state index is 11.6. The van der Waals surface area contributed by atoms with Crippen molar-refractivity contribution in [3.63, 3.8) is 0 Å². The number of hydrogen-bond acceptors (Lipinski definition) is 5. The molecule has 0 bridgehead atoms. The lowest BCUT2D eigenvalue weighted by molar-refractivity contribution is -0.128. The summed E-state index contributed by atoms with van der Waals surface area (Å²) in [6.45, 7) is 3.28. The van der Waals surface area contributed by atoms with Crippen LogP contribution in [0, 0.1) is 5.92 Å². The smallest absolute Gasteiger partial charge is 0.294 e. The molecule has 1 atom stereocenters. The molecule has 2 amide bonds. The summed E-state index contributed by atoms with van der Waals surface area (Å²) in [5, 5.41) is 2.10. The molecule has 0 aliphatic carbocycles. The van der Waals surface area contributed by atoms with Crippen LogP contribution in [-0.2, 0) is 11.3 Å². The molecule has 1 aromatic rings. The van der Waals surface area contributed by atoms with Gasteiger partial charge in [0.1, 0.15) is 0 Å². The maximum Gasteiger partial charge on any atom is 0.294 e. The van der Waals surface area contributed by atoms with Crippen molar-refractivity contribution in [2.45, 2.75) is 19.9 Å². The van der Waals surface area contributed by atoms with Crippen LogP contribution in [0.3, 0.4) is 0 Å². The molecule has 2 rings (SSSR count). The molecule has 0 spiro atoms. The second kappa shape index (κ2) is 4.80. The number of nitrogen functional groups attached to an aromatic ring is 1. The molecule has 0 saturated carbocycles. The number of likely N-dealkylation sites (tertiary alicyclic amines) is 1. The number of hydrazine groups is 1. The van der Waals surface area contributed by atoms with Gasteiger partial charge in [0.05, 0.1) is 12.2 Å². The minimum Gasteiger partial charge on any atom is -0.336 e. The molecule has 1 aliphatic rings. The van der Waals surface area contributed by atoms with Crippen molar-refractivity contribution in [1.82, 2.24) is 15.3 Å². The lowest BCUT2D eigenvalue weighted by atomic mass is 10.2. The molecular formula is C10H14N4O2S. The predicted molar refractivity (Wildman–Crippen MR) is 63.0 cm³/mol. The molecule has 1 fully saturated rings. The van der Waals surface area contributed by atoms with E-state index in [0.717, 1.165) is 12.2 Å². The Balaban J connectivity index is 2.02. The Morgan fingerprint density at radius 2 is 2.53 bits per heavy atom. The summed E-state index contributed by atoms with van der Waals surface area (Å²) in [5.41, 5.74) is 2.76. The molecule has 2 heterocycles. The van der Waals surface area contributed by atoms with Crippen LogP contribution in [0.2, 0.25) is 0 Å². The van der Waals surface area contributed by atoms with Crippen molar-refractivity contribution < 1.29 is 9.59 Å². The first-order chi connectivity index (χ1) is 8.10. The van der Waals surface area contributed by atoms with Gasteiger partial charge in [-0.15, -0.1) is 11.3 Å². The lowest BCUT2D eigenvalue weighted by Gasteiger charge is -2.13. The van der Waals surface area contributed by atoms with Gasteiger partial charge in [0.15, 0.2) is 5.01 Å². The molecule has 1 aliphatic heterocycles. The minimum absolute atomic E-state index is 0.148. The average molecular weight is 254 g/mol. The number of nitrogens with one attached hydrogen (secondary N) is 1. The van der Waals surface area contributed by atoms with Crippen molar-refractivity contribution in [3.8, 4) is 0 Å². The second-order valence-electron chi connectivity index (χ2n) is 4.20. The van der Waals surface area contributed by atoms with Crippen LogP contribution in [0.5, 0.6) is 0 Å². The number of nitrogens with two attached hydrogens (primary N) is 1. The molecule has 0 radical (unpaired) electrons. The van der Waals surface area contributed by atoms with Crippen LogP contribution in [-0.4, -0.2) is 28.2 Å². The Morgan fingerprint density at radius 1 is 1.76 bits per heavy atom. The van der Waals surface area contributed by atoms with Gasteiger partial charge >= 0.3 is 0 Å². The van der Waals surface area contributed by atoms with E-state index in [-0.39, 0.29) is 5.91 Å². The van der Waals surface area contributed by atoms with Gasteiger partial charge in [-0.25, -0.2) is 10.8 Å². The van der Waals surface area contributed by atoms with Gasteiger partial charge in [-0.05, 0) is 5.92 Å². The molecule has 3 N–H and O–H groups in total. The highest BCUT2D eigenvalue weighted by Gasteiger charge is 2.27. The third-order valence-electron chi connectivity index (χ3n) is 2.64. The topological polar surface area (TPSA) is 88.3 Å². The number of rotatable bonds is 3. The fourth-order valence-corrected chi connectivity index (χ4v) is 2.57. The number of aromatic nitrogens is 1. The standard InChI is InChI=1S/C10H14N4O2S/c1-6-2-8(15)14(3-6)4-7-5-17-10(12-7)9(16)13-11/h5-6H,2-4,11H2,1H3,(H,13,16). The first-order valence-corrected chi connectivity index (χ1v) is 6.21. The van der Waals surface area contributed by atoms with Gasteiger partial charge < -0.3 is 4.90 Å². The molecule has 17 heavy (non-hydrogen) atoms. The highest BCUT2D eigenvalue weighted by atomic mass is 32.1. The number of thiazole rings is 1. The fourth-order valence-electron chi connectivity index (χ4n) is 1.86. The van der Waals surface area contributed by atoms with Crippen LogP contribution in [0.4, 0.5) is 0 Å². The Morgan fingerprint density at radius 3 is 3.12 bits per heavy atom. The summed E-state index contributed by atoms with van der Waals surface area (Å²) in [4.78, 5) is 28.7. The van der Waals surface area contributed by atoms with Crippen molar-refractivity contribution in [2.24, 2.45) is 11.8 Å². The Kier molecular flexibility index (Phi) is 3.39. The highest BCUT2D eigenvalue weighted by Crippen LogP contribution is 2.20. The molecule has 0 aromatic carbocycles. The molecule has 1 aromatic heterocycles. The largest absolute Gasteiger partial charge is 0.336 e. The van der Waals surface area contributed by atoms with E-state index in [1.165, 1.54) is 11.3 Å². The third-order valence-corrected chi connectivity index (χ3v) is 3.53. The minimum atomic E-state index is -0.401. The van der Waals surface area contributed by atoms with Crippen LogP contribution < -0.4 is 11.3 Å². The summed E-state index contributed by atoms with van der Waals surface area (Å²) in [6, 6.07) is 0. The van der Waals surface area contributed by atoms with E-state index in [1.807, 2.05) is 12.3 Å². The van der Waals surface area contributed by atoms with Crippen LogP contribution in [0.1, 0.15) is 28.8 Å². The molecule has 6 nitrogen and oxygen atoms in total. The molecule has 1 saturated heterocycles. The Hall–Kier alpha value is -1.47. The zero-order valence-electron chi connectivity index (χ0n) is 9.47. The van der Waals surface area contributed by atoms with Gasteiger partial charge in [0.25, 0.3) is 5.91 Å². The Labute approximate surface area is 103 Å². The maximum absolute atomic E-state index is 11.6. The van der Waals surface area contributed by atoms with Crippen LogP contribution in [0.15, 0.2) is 5.38 Å². The number of carbonyl (C=O) groups excluding carboxylic acids is 2. The van der Waals surface area contributed by atoms with Crippen molar-refractivity contribution in [1.29, 1.82) is 0 Å². The molecule has 7 heteroatoms. The van der Waals surface area contributed by atoms with Gasteiger partial charge in [0.2, 0.25) is 5.91 Å². The van der Waals surface area contributed by atoms with E-state index in [9.17, 15) is 9.59 Å². The summed E-state index contributed by atoms with van der Waals surface area (Å²) in [7, 11) is 0. The highest BCUT2D eigenvalue weighted by molar-refractivity contribution is 7.11. The number of amides is 2. The van der Waals surface area contributed by atoms with Crippen molar-refractivity contribution in [2.75, 3.05) is 6.54 Å². The summed E-state index contributed by atoms with van der Waals surface area (Å²) < 4.78 is 0. The molecule has 1 unspecified atom stereocenters. The predicted octanol–water partition coefficient (Wildman–Crippen LogP) is 0.115. The van der Waals surface area contributed by atoms with Crippen LogP contribution in [0.25, 0.3) is 0 Å². The van der Waals surface area contributed by atoms with Gasteiger partial charge in [-0.3, -0.25) is 15.0 Å². The third kappa shape index (κ3) is 2.62.